The molecule has 1 aromatic heterocycles. The Hall–Kier alpha value is -1.99. The molecule has 0 unspecified atom stereocenters. The van der Waals surface area contributed by atoms with Gasteiger partial charge in [-0.15, -0.1) is 0 Å². The first-order valence-corrected chi connectivity index (χ1v) is 10.3. The largest absolute Gasteiger partial charge is 0.326 e. The Morgan fingerprint density at radius 2 is 1.89 bits per heavy atom. The van der Waals surface area contributed by atoms with Crippen LogP contribution in [-0.4, -0.2) is 38.2 Å². The van der Waals surface area contributed by atoms with Gasteiger partial charge in [-0.3, -0.25) is 9.69 Å². The Morgan fingerprint density at radius 1 is 1.19 bits per heavy atom. The first-order chi connectivity index (χ1) is 13.2. The quantitative estimate of drug-likeness (QED) is 0.772. The van der Waals surface area contributed by atoms with Crippen LogP contribution in [0, 0.1) is 10.7 Å². The van der Waals surface area contributed by atoms with E-state index < -0.39 is 0 Å². The van der Waals surface area contributed by atoms with Gasteiger partial charge in [0.1, 0.15) is 5.82 Å². The maximum Gasteiger partial charge on any atom is 0.227 e. The van der Waals surface area contributed by atoms with E-state index in [1.165, 1.54) is 12.8 Å². The lowest BCUT2D eigenvalue weighted by Gasteiger charge is -2.30. The third kappa shape index (κ3) is 4.14. The van der Waals surface area contributed by atoms with Crippen LogP contribution in [0.5, 0.6) is 0 Å². The molecule has 0 radical (unpaired) electrons. The molecular weight excluding hydrogens is 358 g/mol. The molecule has 1 aliphatic heterocycles. The maximum atomic E-state index is 12.5. The molecule has 2 aliphatic rings. The average Bonchev–Trinajstić information content (AvgIpc) is 3.48. The Balaban J connectivity index is 1.33. The molecule has 27 heavy (non-hydrogen) atoms. The van der Waals surface area contributed by atoms with Gasteiger partial charge in [-0.1, -0.05) is 18.2 Å². The summed E-state index contributed by atoms with van der Waals surface area (Å²) in [5, 5.41) is 7.83. The first kappa shape index (κ1) is 18.4. The molecule has 4 rings (SSSR count). The van der Waals surface area contributed by atoms with E-state index in [1.807, 2.05) is 35.0 Å². The van der Waals surface area contributed by atoms with Crippen LogP contribution in [-0.2, 0) is 18.0 Å². The van der Waals surface area contributed by atoms with Gasteiger partial charge in [-0.2, -0.15) is 5.10 Å². The number of hydrogen-bond donors (Lipinski definition) is 1. The topological polar surface area (TPSA) is 55.1 Å². The summed E-state index contributed by atoms with van der Waals surface area (Å²) in [4.78, 5) is 14.8. The van der Waals surface area contributed by atoms with Crippen LogP contribution in [0.3, 0.4) is 0 Å². The van der Waals surface area contributed by atoms with Crippen molar-refractivity contribution in [1.82, 2.24) is 19.2 Å². The van der Waals surface area contributed by atoms with E-state index >= 15 is 0 Å². The van der Waals surface area contributed by atoms with Crippen molar-refractivity contribution in [2.24, 2.45) is 5.92 Å². The van der Waals surface area contributed by atoms with E-state index in [0.29, 0.717) is 5.92 Å². The van der Waals surface area contributed by atoms with Gasteiger partial charge in [0.15, 0.2) is 4.77 Å². The molecule has 0 bridgehead atoms. The van der Waals surface area contributed by atoms with E-state index in [0.717, 1.165) is 55.4 Å². The van der Waals surface area contributed by atoms with Crippen LogP contribution >= 0.6 is 12.2 Å². The number of para-hydroxylation sites is 1. The number of carbonyl (C=O) groups excluding carboxylic acids is 1. The molecule has 144 valence electrons. The Morgan fingerprint density at radius 3 is 2.52 bits per heavy atom. The number of nitrogens with one attached hydrogen (secondary N) is 1. The number of likely N-dealkylation sites (tertiary alicyclic amines) is 1. The zero-order valence-electron chi connectivity index (χ0n) is 15.8. The number of anilines is 1. The molecule has 0 atom stereocenters. The van der Waals surface area contributed by atoms with Gasteiger partial charge in [0.25, 0.3) is 0 Å². The molecule has 2 heterocycles. The molecule has 1 aliphatic carbocycles. The molecule has 1 N–H and O–H groups in total. The molecule has 7 heteroatoms. The Labute approximate surface area is 165 Å². The zero-order valence-corrected chi connectivity index (χ0v) is 16.6. The Bertz CT molecular complexity index is 847. The van der Waals surface area contributed by atoms with Crippen LogP contribution in [0.4, 0.5) is 5.69 Å². The summed E-state index contributed by atoms with van der Waals surface area (Å²) in [6.07, 6.45) is 4.20. The fourth-order valence-corrected chi connectivity index (χ4v) is 4.10. The number of carbonyl (C=O) groups is 1. The van der Waals surface area contributed by atoms with Crippen LogP contribution in [0.25, 0.3) is 0 Å². The van der Waals surface area contributed by atoms with Gasteiger partial charge in [0, 0.05) is 37.2 Å². The fraction of sp³-hybridized carbons (Fsp3) is 0.550. The second-order valence-electron chi connectivity index (χ2n) is 7.55. The highest BCUT2D eigenvalue weighted by molar-refractivity contribution is 7.71. The molecular formula is C20H27N5OS. The molecule has 1 saturated carbocycles. The number of amides is 1. The lowest BCUT2D eigenvalue weighted by atomic mass is 9.96. The summed E-state index contributed by atoms with van der Waals surface area (Å²) in [7, 11) is 0. The van der Waals surface area contributed by atoms with Crippen LogP contribution in [0.1, 0.15) is 44.3 Å². The van der Waals surface area contributed by atoms with Crippen LogP contribution in [0.2, 0.25) is 0 Å². The second kappa shape index (κ2) is 7.94. The minimum absolute atomic E-state index is 0.0738. The van der Waals surface area contributed by atoms with Gasteiger partial charge in [0.2, 0.25) is 5.91 Å². The summed E-state index contributed by atoms with van der Waals surface area (Å²) < 4.78 is 4.97. The Kier molecular flexibility index (Phi) is 5.41. The van der Waals surface area contributed by atoms with Crippen molar-refractivity contribution in [3.05, 3.63) is 40.9 Å². The zero-order chi connectivity index (χ0) is 18.8. The number of hydrogen-bond acceptors (Lipinski definition) is 4. The van der Waals surface area contributed by atoms with Crippen LogP contribution < -0.4 is 5.32 Å². The van der Waals surface area contributed by atoms with Crippen molar-refractivity contribution in [3.8, 4) is 0 Å². The molecule has 2 aromatic rings. The van der Waals surface area contributed by atoms with Gasteiger partial charge in [-0.25, -0.2) is 4.68 Å². The van der Waals surface area contributed by atoms with E-state index in [9.17, 15) is 4.79 Å². The highest BCUT2D eigenvalue weighted by atomic mass is 32.1. The fourth-order valence-electron chi connectivity index (χ4n) is 3.78. The highest BCUT2D eigenvalue weighted by Gasteiger charge is 2.30. The molecule has 2 fully saturated rings. The van der Waals surface area contributed by atoms with Crippen molar-refractivity contribution in [1.29, 1.82) is 0 Å². The van der Waals surface area contributed by atoms with E-state index in [1.54, 1.807) is 0 Å². The number of piperidine rings is 1. The van der Waals surface area contributed by atoms with E-state index in [4.69, 9.17) is 17.3 Å². The number of benzene rings is 1. The van der Waals surface area contributed by atoms with Crippen molar-refractivity contribution in [2.75, 3.05) is 18.4 Å². The highest BCUT2D eigenvalue weighted by Crippen LogP contribution is 2.39. The van der Waals surface area contributed by atoms with Crippen LogP contribution in [0.15, 0.2) is 30.3 Å². The summed E-state index contributed by atoms with van der Waals surface area (Å²) in [5.74, 6) is 1.95. The molecule has 1 aromatic carbocycles. The second-order valence-corrected chi connectivity index (χ2v) is 7.91. The third-order valence-corrected chi connectivity index (χ3v) is 5.97. The maximum absolute atomic E-state index is 12.5. The number of rotatable bonds is 6. The third-order valence-electron chi connectivity index (χ3n) is 5.54. The smallest absolute Gasteiger partial charge is 0.227 e. The summed E-state index contributed by atoms with van der Waals surface area (Å²) >= 11 is 5.64. The summed E-state index contributed by atoms with van der Waals surface area (Å²) in [6.45, 7) is 5.52. The average molecular weight is 386 g/mol. The lowest BCUT2D eigenvalue weighted by Crippen LogP contribution is -2.39. The monoisotopic (exact) mass is 385 g/mol. The van der Waals surface area contributed by atoms with Gasteiger partial charge in [0.05, 0.1) is 6.67 Å². The number of nitrogens with zero attached hydrogens (tertiary/aromatic N) is 4. The minimum atomic E-state index is 0.0738. The van der Waals surface area contributed by atoms with Crippen molar-refractivity contribution in [2.45, 2.75) is 51.7 Å². The van der Waals surface area contributed by atoms with E-state index in [2.05, 4.69) is 21.7 Å². The molecule has 1 amide bonds. The minimum Gasteiger partial charge on any atom is -0.326 e. The van der Waals surface area contributed by atoms with Crippen molar-refractivity contribution < 1.29 is 4.79 Å². The van der Waals surface area contributed by atoms with Gasteiger partial charge < -0.3 is 9.88 Å². The summed E-state index contributed by atoms with van der Waals surface area (Å²) in [5.41, 5.74) is 0.869. The molecule has 0 spiro atoms. The SMILES string of the molecule is CCn1c(C2CC2)nn(CN2CCC(C(=O)Nc3ccccc3)CC2)c1=S. The standard InChI is InChI=1S/C20H27N5OS/c1-2-24-18(15-8-9-15)22-25(20(24)27)14-23-12-10-16(11-13-23)19(26)21-17-6-4-3-5-7-17/h3-7,15-16H,2,8-14H2,1H3,(H,21,26). The lowest BCUT2D eigenvalue weighted by molar-refractivity contribution is -0.121. The van der Waals surface area contributed by atoms with E-state index in [-0.39, 0.29) is 11.8 Å². The van der Waals surface area contributed by atoms with Gasteiger partial charge in [-0.05, 0) is 57.0 Å². The molecule has 6 nitrogen and oxygen atoms in total. The molecule has 1 saturated heterocycles. The first-order valence-electron chi connectivity index (χ1n) is 9.91. The summed E-state index contributed by atoms with van der Waals surface area (Å²) in [6, 6.07) is 9.68. The van der Waals surface area contributed by atoms with Crippen molar-refractivity contribution >= 4 is 23.8 Å². The predicted octanol–water partition coefficient (Wildman–Crippen LogP) is 3.62. The van der Waals surface area contributed by atoms with Gasteiger partial charge >= 0.3 is 0 Å². The van der Waals surface area contributed by atoms with Crippen molar-refractivity contribution in [3.63, 3.8) is 0 Å². The number of aromatic nitrogens is 3. The predicted molar refractivity (Wildman–Crippen MR) is 108 cm³/mol. The normalized spacial score (nSPS) is 18.6.